The third-order valence-electron chi connectivity index (χ3n) is 2.14. The average Bonchev–Trinajstić information content (AvgIpc) is 2.75. The minimum atomic E-state index is -3.87. The molecule has 2 N–H and O–H groups in total. The average molecular weight is 283 g/mol. The molecule has 0 fully saturated rings. The fraction of sp³-hybridized carbons (Fsp3) is 0.300. The number of nitrogens with zero attached hydrogens (tertiary/aromatic N) is 3. The molecular formula is C10H13N5O3S. The van der Waals surface area contributed by atoms with Crippen LogP contribution in [0.4, 0.5) is 11.7 Å². The van der Waals surface area contributed by atoms with Crippen molar-refractivity contribution in [1.29, 1.82) is 0 Å². The summed E-state index contributed by atoms with van der Waals surface area (Å²) < 4.78 is 31.5. The number of sulfonamides is 1. The summed E-state index contributed by atoms with van der Waals surface area (Å²) in [7, 11) is -3.87. The number of anilines is 2. The van der Waals surface area contributed by atoms with Crippen LogP contribution in [-0.2, 0) is 10.0 Å². The predicted molar refractivity (Wildman–Crippen MR) is 68.2 cm³/mol. The summed E-state index contributed by atoms with van der Waals surface area (Å²) in [5.74, 6) is 0.269. The first-order valence-corrected chi connectivity index (χ1v) is 7.03. The van der Waals surface area contributed by atoms with Gasteiger partial charge >= 0.3 is 6.01 Å². The number of nitrogens with one attached hydrogen (secondary N) is 2. The molecule has 0 aliphatic carbocycles. The van der Waals surface area contributed by atoms with Gasteiger partial charge in [-0.3, -0.25) is 0 Å². The predicted octanol–water partition coefficient (Wildman–Crippen LogP) is 1.01. The highest BCUT2D eigenvalue weighted by Gasteiger charge is 2.22. The second-order valence-electron chi connectivity index (χ2n) is 3.62. The Morgan fingerprint density at radius 2 is 2.16 bits per heavy atom. The van der Waals surface area contributed by atoms with E-state index in [2.05, 4.69) is 25.2 Å². The Kier molecular flexibility index (Phi) is 3.65. The van der Waals surface area contributed by atoms with Crippen LogP contribution in [0.25, 0.3) is 0 Å². The lowest BCUT2D eigenvalue weighted by Crippen LogP contribution is -2.17. The second kappa shape index (κ2) is 5.22. The number of pyridine rings is 1. The fourth-order valence-corrected chi connectivity index (χ4v) is 2.47. The standard InChI is InChI=1S/C10H13N5O3S/c1-3-11-8-5-4-6-12-9(8)19(16,17)15-10-14-13-7(2)18-10/h4-6,11H,3H2,1-2H3,(H,14,15). The largest absolute Gasteiger partial charge is 0.408 e. The van der Waals surface area contributed by atoms with Gasteiger partial charge in [-0.25, -0.2) is 9.71 Å². The molecule has 0 aliphatic rings. The van der Waals surface area contributed by atoms with Crippen LogP contribution >= 0.6 is 0 Å². The zero-order valence-corrected chi connectivity index (χ0v) is 11.2. The van der Waals surface area contributed by atoms with E-state index in [9.17, 15) is 8.42 Å². The summed E-state index contributed by atoms with van der Waals surface area (Å²) in [4.78, 5) is 3.87. The molecule has 2 aromatic rings. The van der Waals surface area contributed by atoms with Crippen LogP contribution in [0.3, 0.4) is 0 Å². The quantitative estimate of drug-likeness (QED) is 0.842. The lowest BCUT2D eigenvalue weighted by Gasteiger charge is -2.09. The molecule has 102 valence electrons. The van der Waals surface area contributed by atoms with Gasteiger partial charge in [0, 0.05) is 19.7 Å². The Bertz CT molecular complexity index is 667. The van der Waals surface area contributed by atoms with Crippen molar-refractivity contribution in [3.8, 4) is 0 Å². The molecule has 0 aliphatic heterocycles. The van der Waals surface area contributed by atoms with Gasteiger partial charge in [-0.15, -0.1) is 5.10 Å². The summed E-state index contributed by atoms with van der Waals surface area (Å²) in [6, 6.07) is 3.09. The normalized spacial score (nSPS) is 11.3. The molecule has 2 aromatic heterocycles. The van der Waals surface area contributed by atoms with Crippen molar-refractivity contribution in [3.63, 3.8) is 0 Å². The zero-order valence-electron chi connectivity index (χ0n) is 10.4. The molecule has 0 saturated heterocycles. The van der Waals surface area contributed by atoms with Gasteiger partial charge in [-0.05, 0) is 19.1 Å². The van der Waals surface area contributed by atoms with E-state index in [1.54, 1.807) is 19.1 Å². The van der Waals surface area contributed by atoms with E-state index in [0.29, 0.717) is 12.2 Å². The fourth-order valence-electron chi connectivity index (χ4n) is 1.43. The molecule has 9 heteroatoms. The Morgan fingerprint density at radius 1 is 1.37 bits per heavy atom. The lowest BCUT2D eigenvalue weighted by atomic mass is 10.4. The Hall–Kier alpha value is -2.16. The maximum atomic E-state index is 12.2. The third kappa shape index (κ3) is 2.99. The molecule has 0 radical (unpaired) electrons. The summed E-state index contributed by atoms with van der Waals surface area (Å²) in [6.45, 7) is 4.00. The lowest BCUT2D eigenvalue weighted by molar-refractivity contribution is 0.534. The molecule has 2 rings (SSSR count). The van der Waals surface area contributed by atoms with Crippen LogP contribution in [0.1, 0.15) is 12.8 Å². The van der Waals surface area contributed by atoms with Crippen LogP contribution in [-0.4, -0.2) is 30.1 Å². The van der Waals surface area contributed by atoms with Crippen LogP contribution in [0, 0.1) is 6.92 Å². The highest BCUT2D eigenvalue weighted by atomic mass is 32.2. The number of hydrogen-bond acceptors (Lipinski definition) is 7. The van der Waals surface area contributed by atoms with Gasteiger partial charge in [0.1, 0.15) is 0 Å². The summed E-state index contributed by atoms with van der Waals surface area (Å²) >= 11 is 0. The number of rotatable bonds is 5. The van der Waals surface area contributed by atoms with E-state index >= 15 is 0 Å². The molecular weight excluding hydrogens is 270 g/mol. The first kappa shape index (κ1) is 13.3. The maximum absolute atomic E-state index is 12.2. The SMILES string of the molecule is CCNc1cccnc1S(=O)(=O)Nc1nnc(C)o1. The second-order valence-corrected chi connectivity index (χ2v) is 5.22. The molecule has 0 unspecified atom stereocenters. The van der Waals surface area contributed by atoms with Crippen LogP contribution < -0.4 is 10.0 Å². The Balaban J connectivity index is 2.34. The van der Waals surface area contributed by atoms with Gasteiger partial charge < -0.3 is 9.73 Å². The zero-order chi connectivity index (χ0) is 13.9. The summed E-state index contributed by atoms with van der Waals surface area (Å²) in [5.41, 5.74) is 0.411. The Morgan fingerprint density at radius 3 is 2.79 bits per heavy atom. The van der Waals surface area contributed by atoms with Crippen LogP contribution in [0.15, 0.2) is 27.8 Å². The maximum Gasteiger partial charge on any atom is 0.329 e. The molecule has 0 atom stereocenters. The summed E-state index contributed by atoms with van der Waals surface area (Å²) in [6.07, 6.45) is 1.40. The van der Waals surface area contributed by atoms with Crippen molar-refractivity contribution in [1.82, 2.24) is 15.2 Å². The van der Waals surface area contributed by atoms with Gasteiger partial charge in [0.2, 0.25) is 5.89 Å². The van der Waals surface area contributed by atoms with Crippen LogP contribution in [0.5, 0.6) is 0 Å². The smallest absolute Gasteiger partial charge is 0.329 e. The van der Waals surface area contributed by atoms with Gasteiger partial charge in [0.15, 0.2) is 5.03 Å². The Labute approximate surface area is 110 Å². The molecule has 0 saturated carbocycles. The first-order valence-electron chi connectivity index (χ1n) is 5.54. The van der Waals surface area contributed by atoms with E-state index in [4.69, 9.17) is 4.42 Å². The van der Waals surface area contributed by atoms with E-state index in [0.717, 1.165) is 0 Å². The van der Waals surface area contributed by atoms with Crippen molar-refractivity contribution in [2.45, 2.75) is 18.9 Å². The van der Waals surface area contributed by atoms with E-state index < -0.39 is 10.0 Å². The van der Waals surface area contributed by atoms with Gasteiger partial charge in [0.25, 0.3) is 10.0 Å². The van der Waals surface area contributed by atoms with Gasteiger partial charge in [-0.2, -0.15) is 8.42 Å². The highest BCUT2D eigenvalue weighted by Crippen LogP contribution is 2.20. The summed E-state index contributed by atoms with van der Waals surface area (Å²) in [5, 5.41) is 9.93. The number of hydrogen-bond donors (Lipinski definition) is 2. The van der Waals surface area contributed by atoms with Gasteiger partial charge in [0.05, 0.1) is 5.69 Å². The third-order valence-corrected chi connectivity index (χ3v) is 3.42. The monoisotopic (exact) mass is 283 g/mol. The molecule has 0 amide bonds. The molecule has 19 heavy (non-hydrogen) atoms. The minimum absolute atomic E-state index is 0.118. The molecule has 8 nitrogen and oxygen atoms in total. The molecule has 0 aromatic carbocycles. The topological polar surface area (TPSA) is 110 Å². The van der Waals surface area contributed by atoms with Crippen molar-refractivity contribution >= 4 is 21.7 Å². The minimum Gasteiger partial charge on any atom is -0.408 e. The molecule has 2 heterocycles. The molecule has 0 spiro atoms. The van der Waals surface area contributed by atoms with E-state index in [1.807, 2.05) is 6.92 Å². The van der Waals surface area contributed by atoms with Gasteiger partial charge in [-0.1, -0.05) is 5.10 Å². The number of aryl methyl sites for hydroxylation is 1. The van der Waals surface area contributed by atoms with Crippen LogP contribution in [0.2, 0.25) is 0 Å². The van der Waals surface area contributed by atoms with Crippen molar-refractivity contribution in [2.24, 2.45) is 0 Å². The first-order chi connectivity index (χ1) is 9.03. The van der Waals surface area contributed by atoms with Crippen molar-refractivity contribution < 1.29 is 12.8 Å². The van der Waals surface area contributed by atoms with Crippen molar-refractivity contribution in [2.75, 3.05) is 16.6 Å². The van der Waals surface area contributed by atoms with Crippen molar-refractivity contribution in [3.05, 3.63) is 24.2 Å². The molecule has 0 bridgehead atoms. The van der Waals surface area contributed by atoms with E-state index in [-0.39, 0.29) is 16.9 Å². The number of aromatic nitrogens is 3. The van der Waals surface area contributed by atoms with E-state index in [1.165, 1.54) is 6.20 Å². The highest BCUT2D eigenvalue weighted by molar-refractivity contribution is 7.92.